The van der Waals surface area contributed by atoms with Crippen molar-refractivity contribution in [3.63, 3.8) is 0 Å². The molecule has 1 heteroatoms. The summed E-state index contributed by atoms with van der Waals surface area (Å²) in [4.78, 5) is 0. The molecule has 0 fully saturated rings. The van der Waals surface area contributed by atoms with Gasteiger partial charge in [0.2, 0.25) is 0 Å². The first-order valence-corrected chi connectivity index (χ1v) is 3.74. The molecule has 64 valence electrons. The van der Waals surface area contributed by atoms with Crippen molar-refractivity contribution in [1.29, 1.82) is 0 Å². The minimum atomic E-state index is -2.82. The summed E-state index contributed by atoms with van der Waals surface area (Å²) in [5.41, 5.74) is 0. The summed E-state index contributed by atoms with van der Waals surface area (Å²) >= 11 is 0. The van der Waals surface area contributed by atoms with E-state index in [0.717, 1.165) is 0 Å². The predicted molar refractivity (Wildman–Crippen MR) is 48.2 cm³/mol. The Morgan fingerprint density at radius 3 is 3.09 bits per heavy atom. The quantitative estimate of drug-likeness (QED) is 0.591. The van der Waals surface area contributed by atoms with E-state index in [0.29, 0.717) is 6.42 Å². The fourth-order valence-electron chi connectivity index (χ4n) is 0.549. The van der Waals surface area contributed by atoms with Crippen molar-refractivity contribution in [2.24, 2.45) is 0 Å². The molecular formula is C10H18O. The number of aliphatic hydroxyl groups is 1. The molecule has 0 spiro atoms. The van der Waals surface area contributed by atoms with Gasteiger partial charge in [0.15, 0.2) is 0 Å². The standard InChI is InChI=1S/C10H18O/c1-3-5-7-9-10(11)8-6-4-2/h1,10-11H,4-9H2,2H3/i1D,8D2,9D2,10D. The molecule has 1 nitrogen and oxygen atoms in total. The number of hydrogen-bond donors (Lipinski definition) is 1. The molecule has 0 rings (SSSR count). The van der Waals surface area contributed by atoms with Gasteiger partial charge in [0, 0.05) is 11.9 Å². The largest absolute Gasteiger partial charge is 0.393 e. The van der Waals surface area contributed by atoms with Crippen molar-refractivity contribution in [1.82, 2.24) is 0 Å². The molecule has 1 atom stereocenters. The van der Waals surface area contributed by atoms with Crippen LogP contribution < -0.4 is 0 Å². The molecule has 1 unspecified atom stereocenters. The summed E-state index contributed by atoms with van der Waals surface area (Å²) in [6, 6.07) is 0. The minimum absolute atomic E-state index is 0.0138. The van der Waals surface area contributed by atoms with E-state index in [2.05, 4.69) is 5.92 Å². The summed E-state index contributed by atoms with van der Waals surface area (Å²) in [6.07, 6.45) is -5.63. The van der Waals surface area contributed by atoms with Crippen molar-refractivity contribution in [3.8, 4) is 12.3 Å². The van der Waals surface area contributed by atoms with Gasteiger partial charge < -0.3 is 5.11 Å². The molecule has 0 aliphatic carbocycles. The highest BCUT2D eigenvalue weighted by Gasteiger charge is 2.01. The van der Waals surface area contributed by atoms with E-state index in [1.54, 1.807) is 6.92 Å². The fraction of sp³-hybridized carbons (Fsp3) is 0.800. The second-order valence-corrected chi connectivity index (χ2v) is 2.13. The van der Waals surface area contributed by atoms with Gasteiger partial charge in [-0.3, -0.25) is 0 Å². The zero-order valence-electron chi connectivity index (χ0n) is 12.8. The van der Waals surface area contributed by atoms with Crippen molar-refractivity contribution >= 4 is 0 Å². The third-order valence-corrected chi connectivity index (χ3v) is 1.08. The number of hydrogen-bond acceptors (Lipinski definition) is 1. The lowest BCUT2D eigenvalue weighted by Gasteiger charge is -2.07. The Morgan fingerprint density at radius 1 is 1.73 bits per heavy atom. The van der Waals surface area contributed by atoms with E-state index < -0.39 is 18.8 Å². The molecular weight excluding hydrogens is 136 g/mol. The lowest BCUT2D eigenvalue weighted by molar-refractivity contribution is 0.149. The molecule has 0 aliphatic heterocycles. The van der Waals surface area contributed by atoms with Crippen molar-refractivity contribution in [2.75, 3.05) is 0 Å². The molecule has 0 bridgehead atoms. The maximum Gasteiger partial charge on any atom is 0.124 e. The van der Waals surface area contributed by atoms with Crippen molar-refractivity contribution < 1.29 is 13.3 Å². The molecule has 0 amide bonds. The van der Waals surface area contributed by atoms with Crippen LogP contribution in [0.25, 0.3) is 0 Å². The maximum atomic E-state index is 9.82. The lowest BCUT2D eigenvalue weighted by atomic mass is 10.1. The van der Waals surface area contributed by atoms with E-state index in [4.69, 9.17) is 8.22 Å². The summed E-state index contributed by atoms with van der Waals surface area (Å²) < 4.78 is 44.5. The summed E-state index contributed by atoms with van der Waals surface area (Å²) in [6.45, 7) is 1.70. The van der Waals surface area contributed by atoms with Gasteiger partial charge in [-0.1, -0.05) is 19.8 Å². The van der Waals surface area contributed by atoms with Crippen LogP contribution in [-0.4, -0.2) is 11.2 Å². The van der Waals surface area contributed by atoms with E-state index in [1.165, 1.54) is 0 Å². The molecule has 0 aromatic heterocycles. The minimum Gasteiger partial charge on any atom is -0.393 e. The Balaban J connectivity index is 4.91. The zero-order chi connectivity index (χ0) is 13.7. The van der Waals surface area contributed by atoms with Crippen LogP contribution in [0.15, 0.2) is 0 Å². The van der Waals surface area contributed by atoms with E-state index in [9.17, 15) is 5.11 Å². The SMILES string of the molecule is [2H]C#CCCC([2H])([2H])C([2H])(O)C([2H])([2H])CCC. The topological polar surface area (TPSA) is 20.2 Å². The van der Waals surface area contributed by atoms with Crippen LogP contribution in [0, 0.1) is 12.3 Å². The van der Waals surface area contributed by atoms with Gasteiger partial charge in [-0.25, -0.2) is 0 Å². The average Bonchev–Trinajstić information content (AvgIpc) is 2.17. The molecule has 0 aromatic rings. The highest BCUT2D eigenvalue weighted by atomic mass is 16.3. The smallest absolute Gasteiger partial charge is 0.124 e. The second kappa shape index (κ2) is 7.63. The van der Waals surface area contributed by atoms with E-state index in [-0.39, 0.29) is 19.3 Å². The molecule has 0 saturated carbocycles. The zero-order valence-corrected chi connectivity index (χ0v) is 6.78. The predicted octanol–water partition coefficient (Wildman–Crippen LogP) is 2.34. The van der Waals surface area contributed by atoms with Crippen LogP contribution in [0.4, 0.5) is 0 Å². The van der Waals surface area contributed by atoms with Gasteiger partial charge in [0.05, 0.1) is 7.45 Å². The van der Waals surface area contributed by atoms with Crippen molar-refractivity contribution in [2.45, 2.75) is 51.4 Å². The van der Waals surface area contributed by atoms with Gasteiger partial charge in [-0.05, 0) is 19.2 Å². The lowest BCUT2D eigenvalue weighted by Crippen LogP contribution is -2.05. The van der Waals surface area contributed by atoms with E-state index >= 15 is 0 Å². The summed E-state index contributed by atoms with van der Waals surface area (Å²) in [7, 11) is 0. The van der Waals surface area contributed by atoms with Gasteiger partial charge in [0.1, 0.15) is 1.37 Å². The summed E-state index contributed by atoms with van der Waals surface area (Å²) in [5.74, 6) is 2.32. The molecule has 0 aliphatic rings. The number of rotatable bonds is 6. The third kappa shape index (κ3) is 7.42. The Bertz CT molecular complexity index is 302. The Hall–Kier alpha value is -0.480. The molecule has 1 N–H and O–H groups in total. The van der Waals surface area contributed by atoms with Gasteiger partial charge in [-0.2, -0.15) is 0 Å². The molecule has 0 aromatic carbocycles. The van der Waals surface area contributed by atoms with Crippen molar-refractivity contribution in [3.05, 3.63) is 0 Å². The first kappa shape index (κ1) is 3.96. The Morgan fingerprint density at radius 2 is 2.45 bits per heavy atom. The van der Waals surface area contributed by atoms with Crippen LogP contribution in [0.1, 0.15) is 53.6 Å². The molecule has 0 saturated heterocycles. The number of terminal acetylenes is 1. The van der Waals surface area contributed by atoms with Crippen LogP contribution in [-0.2, 0) is 0 Å². The normalized spacial score (nSPS) is 25.3. The molecule has 11 heavy (non-hydrogen) atoms. The van der Waals surface area contributed by atoms with Gasteiger partial charge in [0.25, 0.3) is 0 Å². The Labute approximate surface area is 78.2 Å². The average molecular weight is 160 g/mol. The van der Waals surface area contributed by atoms with Gasteiger partial charge in [-0.15, -0.1) is 12.3 Å². The first-order valence-electron chi connectivity index (χ1n) is 6.74. The summed E-state index contributed by atoms with van der Waals surface area (Å²) in [5, 5.41) is 9.82. The fourth-order valence-corrected chi connectivity index (χ4v) is 0.549. The molecule has 0 radical (unpaired) electrons. The van der Waals surface area contributed by atoms with Crippen LogP contribution in [0.2, 0.25) is 0 Å². The second-order valence-electron chi connectivity index (χ2n) is 2.13. The van der Waals surface area contributed by atoms with Crippen LogP contribution in [0.5, 0.6) is 0 Å². The van der Waals surface area contributed by atoms with Gasteiger partial charge >= 0.3 is 0 Å². The third-order valence-electron chi connectivity index (χ3n) is 1.08. The molecule has 0 heterocycles. The highest BCUT2D eigenvalue weighted by Crippen LogP contribution is 2.07. The van der Waals surface area contributed by atoms with Crippen LogP contribution in [0.3, 0.4) is 0 Å². The van der Waals surface area contributed by atoms with E-state index in [1.807, 2.05) is 6.40 Å². The first-order chi connectivity index (χ1) is 7.62. The highest BCUT2D eigenvalue weighted by molar-refractivity contribution is 4.83. The maximum absolute atomic E-state index is 9.82. The Kier molecular flexibility index (Phi) is 2.74. The monoisotopic (exact) mass is 160 g/mol. The van der Waals surface area contributed by atoms with Crippen LogP contribution >= 0.6 is 0 Å².